The van der Waals surface area contributed by atoms with Gasteiger partial charge in [-0.2, -0.15) is 13.2 Å². The molecule has 362 valence electrons. The molecule has 0 radical (unpaired) electrons. The van der Waals surface area contributed by atoms with Crippen LogP contribution in [0.15, 0.2) is 82.8 Å². The topological polar surface area (TPSA) is 119 Å². The van der Waals surface area contributed by atoms with Crippen molar-refractivity contribution in [1.82, 2.24) is 4.90 Å². The number of aliphatic hydroxyl groups is 2. The monoisotopic (exact) mass is 947 g/mol. The van der Waals surface area contributed by atoms with E-state index in [0.717, 1.165) is 48.6 Å². The first-order chi connectivity index (χ1) is 31.7. The van der Waals surface area contributed by atoms with Crippen LogP contribution in [-0.4, -0.2) is 65.6 Å². The number of alkyl halides is 3. The predicted octanol–water partition coefficient (Wildman–Crippen LogP) is 13.0. The maximum absolute atomic E-state index is 14.9. The minimum Gasteiger partial charge on any atom is -0.497 e. The number of fused-ring (bicyclic) bond motifs is 8. The first-order valence-electron chi connectivity index (χ1n) is 23.6. The predicted molar refractivity (Wildman–Crippen MR) is 253 cm³/mol. The Morgan fingerprint density at radius 1 is 0.970 bits per heavy atom. The van der Waals surface area contributed by atoms with E-state index in [1.165, 1.54) is 12.1 Å². The van der Waals surface area contributed by atoms with Crippen molar-refractivity contribution in [3.63, 3.8) is 0 Å². The third-order valence-electron chi connectivity index (χ3n) is 15.1. The molecule has 9 nitrogen and oxygen atoms in total. The highest BCUT2D eigenvalue weighted by molar-refractivity contribution is 6.33. The summed E-state index contributed by atoms with van der Waals surface area (Å²) in [6.45, 7) is 10.6. The Labute approximate surface area is 397 Å². The van der Waals surface area contributed by atoms with Crippen LogP contribution in [0, 0.1) is 23.2 Å². The van der Waals surface area contributed by atoms with Gasteiger partial charge in [0.25, 0.3) is 0 Å². The van der Waals surface area contributed by atoms with Crippen LogP contribution in [0.5, 0.6) is 11.5 Å². The minimum atomic E-state index is -4.62. The van der Waals surface area contributed by atoms with Crippen LogP contribution in [0.3, 0.4) is 0 Å². The maximum atomic E-state index is 14.9. The van der Waals surface area contributed by atoms with E-state index < -0.39 is 46.7 Å². The van der Waals surface area contributed by atoms with Crippen LogP contribution < -0.4 is 9.47 Å². The lowest BCUT2D eigenvalue weighted by Gasteiger charge is -2.46. The summed E-state index contributed by atoms with van der Waals surface area (Å²) in [6.07, 6.45) is 2.08. The summed E-state index contributed by atoms with van der Waals surface area (Å²) in [5.74, 6) is 0.992. The van der Waals surface area contributed by atoms with Crippen molar-refractivity contribution in [3.05, 3.63) is 117 Å². The van der Waals surface area contributed by atoms with E-state index in [9.17, 15) is 33.0 Å². The number of hydrogen-bond donors (Lipinski definition) is 2. The summed E-state index contributed by atoms with van der Waals surface area (Å²) in [5.41, 5.74) is 0.190. The Morgan fingerprint density at radius 3 is 2.46 bits per heavy atom. The smallest absolute Gasteiger partial charge is 0.416 e. The normalized spacial score (nSPS) is 25.8. The van der Waals surface area contributed by atoms with E-state index in [1.807, 2.05) is 38.1 Å². The van der Waals surface area contributed by atoms with Crippen LogP contribution in [-0.2, 0) is 23.9 Å². The van der Waals surface area contributed by atoms with Crippen LogP contribution in [0.2, 0.25) is 5.02 Å². The van der Waals surface area contributed by atoms with Crippen LogP contribution in [0.25, 0.3) is 11.3 Å². The number of aliphatic hydroxyl groups excluding tert-OH is 1. The molecule has 2 fully saturated rings. The molecule has 2 bridgehead atoms. The van der Waals surface area contributed by atoms with E-state index >= 15 is 0 Å². The molecule has 8 rings (SSSR count). The number of benzene rings is 3. The van der Waals surface area contributed by atoms with Crippen LogP contribution in [0.4, 0.5) is 18.0 Å². The molecule has 0 spiro atoms. The average Bonchev–Trinajstić information content (AvgIpc) is 3.87. The van der Waals surface area contributed by atoms with Crippen LogP contribution in [0.1, 0.15) is 137 Å². The molecular formula is C54H65ClF3NO8. The van der Waals surface area contributed by atoms with Gasteiger partial charge in [0.1, 0.15) is 23.4 Å². The third kappa shape index (κ3) is 10.9. The number of ketones is 1. The number of carbonyl (C=O) groups is 2. The molecule has 2 N–H and O–H groups in total. The number of allylic oxidation sites excluding steroid dienone is 2. The highest BCUT2D eigenvalue weighted by atomic mass is 35.5. The molecular weight excluding hydrogens is 883 g/mol. The van der Waals surface area contributed by atoms with Gasteiger partial charge in [0, 0.05) is 28.2 Å². The van der Waals surface area contributed by atoms with Crippen molar-refractivity contribution in [2.75, 3.05) is 20.8 Å². The number of amides is 1. The van der Waals surface area contributed by atoms with Crippen molar-refractivity contribution in [2.45, 2.75) is 135 Å². The van der Waals surface area contributed by atoms with Crippen molar-refractivity contribution in [2.24, 2.45) is 23.2 Å². The molecule has 0 saturated heterocycles. The molecule has 13 heteroatoms. The molecule has 1 aromatic heterocycles. The number of halogens is 4. The van der Waals surface area contributed by atoms with E-state index in [4.69, 9.17) is 30.2 Å². The minimum absolute atomic E-state index is 0.000165. The third-order valence-corrected chi connectivity index (χ3v) is 15.4. The fourth-order valence-electron chi connectivity index (χ4n) is 11.0. The molecule has 4 aliphatic carbocycles. The van der Waals surface area contributed by atoms with E-state index in [2.05, 4.69) is 26.8 Å². The molecule has 3 aromatic carbocycles. The molecule has 4 aliphatic rings. The number of rotatable bonds is 11. The second kappa shape index (κ2) is 20.4. The summed E-state index contributed by atoms with van der Waals surface area (Å²) < 4.78 is 65.1. The molecule has 1 heterocycles. The number of hydrogen-bond acceptors (Lipinski definition) is 8. The molecule has 67 heavy (non-hydrogen) atoms. The fourth-order valence-corrected chi connectivity index (χ4v) is 11.2. The van der Waals surface area contributed by atoms with Crippen molar-refractivity contribution in [1.29, 1.82) is 0 Å². The van der Waals surface area contributed by atoms with Gasteiger partial charge in [-0.3, -0.25) is 4.79 Å². The molecule has 7 atom stereocenters. The Bertz CT molecular complexity index is 2450. The first-order valence-corrected chi connectivity index (χ1v) is 24.0. The highest BCUT2D eigenvalue weighted by Gasteiger charge is 2.58. The molecule has 4 aromatic rings. The Balaban J connectivity index is 1.30. The summed E-state index contributed by atoms with van der Waals surface area (Å²) in [6, 6.07) is 16.8. The Hall–Kier alpha value is -4.78. The van der Waals surface area contributed by atoms with Crippen molar-refractivity contribution in [3.8, 4) is 22.8 Å². The van der Waals surface area contributed by atoms with Gasteiger partial charge in [0.2, 0.25) is 5.78 Å². The molecule has 1 amide bonds. The second-order valence-corrected chi connectivity index (χ2v) is 20.3. The van der Waals surface area contributed by atoms with Gasteiger partial charge in [0.05, 0.1) is 49.6 Å². The lowest BCUT2D eigenvalue weighted by Crippen LogP contribution is -2.54. The van der Waals surface area contributed by atoms with Gasteiger partial charge in [-0.1, -0.05) is 69.5 Å². The lowest BCUT2D eigenvalue weighted by molar-refractivity contribution is -0.137. The zero-order valence-electron chi connectivity index (χ0n) is 39.7. The van der Waals surface area contributed by atoms with Crippen LogP contribution >= 0.6 is 11.6 Å². The fraction of sp³-hybridized carbons (Fsp3) is 0.519. The SMILES string of the molecule is COc1ccc(CN(CC2(O)CCC3c4ccc(cc4C(=O)c4ccc(-c5cc(C(F)(F)F)ccc5Cl)o4)CC(O)CCC(C)=CCCC32C)C(=O)OC2CC(C)CCC2C(C)C)c(OC)c1. The lowest BCUT2D eigenvalue weighted by atomic mass is 9.64. The van der Waals surface area contributed by atoms with Crippen molar-refractivity contribution < 1.29 is 51.6 Å². The van der Waals surface area contributed by atoms with Gasteiger partial charge < -0.3 is 33.7 Å². The summed E-state index contributed by atoms with van der Waals surface area (Å²) in [7, 11) is 3.13. The largest absolute Gasteiger partial charge is 0.497 e. The Morgan fingerprint density at radius 2 is 1.75 bits per heavy atom. The molecule has 2 saturated carbocycles. The first kappa shape index (κ1) is 50.1. The van der Waals surface area contributed by atoms with E-state index in [1.54, 1.807) is 31.3 Å². The number of carbonyl (C=O) groups excluding carboxylic acids is 2. The highest BCUT2D eigenvalue weighted by Crippen LogP contribution is 2.59. The van der Waals surface area contributed by atoms with E-state index in [0.29, 0.717) is 78.6 Å². The summed E-state index contributed by atoms with van der Waals surface area (Å²) in [4.78, 5) is 31.3. The van der Waals surface area contributed by atoms with Gasteiger partial charge in [-0.25, -0.2) is 4.79 Å². The standard InChI is InChI=1S/C54H65ClF3NO8/c1-32(2)40-17-11-34(4)25-49(40)67-51(62)59(30-36-13-16-39(64-6)29-48(36)65-7)31-53(63)24-22-44-41-18-12-35(26-38(60)15-10-33(3)9-8-23-52(44,53)5)27-42(41)50(61)47-21-20-46(66-47)43-28-37(54(56,57)58)14-19-45(43)55/h9,12-14,16,18-21,27-29,32,34,38,40,44,49,60,63H,8,10-11,15,17,22-26,30-31H2,1-7H3. The quantitative estimate of drug-likeness (QED) is 0.113. The number of ether oxygens (including phenoxy) is 3. The van der Waals surface area contributed by atoms with Crippen molar-refractivity contribution >= 4 is 23.5 Å². The summed E-state index contributed by atoms with van der Waals surface area (Å²) >= 11 is 6.39. The summed E-state index contributed by atoms with van der Waals surface area (Å²) in [5, 5.41) is 24.6. The number of methoxy groups -OCH3 is 2. The number of nitrogens with zero attached hydrogens (tertiary/aromatic N) is 1. The second-order valence-electron chi connectivity index (χ2n) is 19.9. The Kier molecular flexibility index (Phi) is 15.3. The zero-order chi connectivity index (χ0) is 48.4. The average molecular weight is 949 g/mol. The van der Waals surface area contributed by atoms with Gasteiger partial charge in [-0.05, 0) is 148 Å². The molecule has 0 aliphatic heterocycles. The maximum Gasteiger partial charge on any atom is 0.416 e. The molecule has 7 unspecified atom stereocenters. The van der Waals surface area contributed by atoms with Gasteiger partial charge in [-0.15, -0.1) is 0 Å². The van der Waals surface area contributed by atoms with Gasteiger partial charge in [0.15, 0.2) is 5.76 Å². The van der Waals surface area contributed by atoms with Gasteiger partial charge >= 0.3 is 12.3 Å². The zero-order valence-corrected chi connectivity index (χ0v) is 40.4. The number of furan rings is 1. The van der Waals surface area contributed by atoms with E-state index in [-0.39, 0.29) is 53.6 Å².